The number of carbonyl (C=O) groups excluding carboxylic acids is 1. The van der Waals surface area contributed by atoms with E-state index in [0.717, 1.165) is 6.92 Å². The number of hydrogen-bond donors (Lipinski definition) is 3. The third kappa shape index (κ3) is 5.22. The lowest BCUT2D eigenvalue weighted by atomic mass is 10.2. The van der Waals surface area contributed by atoms with Gasteiger partial charge in [0.2, 0.25) is 5.91 Å². The van der Waals surface area contributed by atoms with Gasteiger partial charge in [0.15, 0.2) is 16.6 Å². The standard InChI is InChI=1S/C14H10Cl2F6N6O2S/c1-4(29)25-26-11(23)8-10(31(30)14(20,21)22)12(24)28(27-8)9-6(15)2-5(3-7(9)16)13(17,18)19/h2-3H,24H2,1H3,(H2,23,26)(H,25,29). The monoisotopic (exact) mass is 510 g/mol. The maximum absolute atomic E-state index is 13.1. The zero-order valence-corrected chi connectivity index (χ0v) is 17.2. The number of anilines is 1. The first-order valence-corrected chi connectivity index (χ1v) is 9.50. The summed E-state index contributed by atoms with van der Waals surface area (Å²) < 4.78 is 90.5. The Morgan fingerprint density at radius 1 is 1.19 bits per heavy atom. The minimum absolute atomic E-state index is 0.440. The number of rotatable bonds is 4. The van der Waals surface area contributed by atoms with Crippen molar-refractivity contribution >= 4 is 51.6 Å². The van der Waals surface area contributed by atoms with Gasteiger partial charge in [-0.3, -0.25) is 4.79 Å². The highest BCUT2D eigenvalue weighted by molar-refractivity contribution is 7.86. The van der Waals surface area contributed by atoms with E-state index in [2.05, 4.69) is 10.2 Å². The van der Waals surface area contributed by atoms with Gasteiger partial charge in [-0.2, -0.15) is 36.5 Å². The molecule has 1 aromatic heterocycles. The van der Waals surface area contributed by atoms with Crippen LogP contribution in [0.25, 0.3) is 5.69 Å². The second-order valence-electron chi connectivity index (χ2n) is 5.64. The SMILES string of the molecule is CC(=O)N/N=C(/N)c1nn(-c2c(Cl)cc(C(F)(F)F)cc2Cl)c(N)c1S(=O)C(F)(F)F. The molecule has 8 nitrogen and oxygen atoms in total. The van der Waals surface area contributed by atoms with E-state index in [1.165, 1.54) is 0 Å². The molecule has 0 spiro atoms. The molecule has 0 saturated heterocycles. The van der Waals surface area contributed by atoms with Crippen molar-refractivity contribution in [1.29, 1.82) is 0 Å². The van der Waals surface area contributed by atoms with Gasteiger partial charge in [-0.05, 0) is 12.1 Å². The van der Waals surface area contributed by atoms with Crippen molar-refractivity contribution in [2.45, 2.75) is 23.5 Å². The lowest BCUT2D eigenvalue weighted by molar-refractivity contribution is -0.137. The van der Waals surface area contributed by atoms with Crippen LogP contribution in [0.15, 0.2) is 22.1 Å². The molecule has 0 saturated carbocycles. The molecule has 0 aliphatic heterocycles. The number of carbonyl (C=O) groups is 1. The summed E-state index contributed by atoms with van der Waals surface area (Å²) in [5.41, 5.74) is 5.06. The van der Waals surface area contributed by atoms with Crippen molar-refractivity contribution in [1.82, 2.24) is 15.2 Å². The van der Waals surface area contributed by atoms with E-state index in [9.17, 15) is 35.3 Å². The smallest absolute Gasteiger partial charge is 0.383 e. The van der Waals surface area contributed by atoms with Crippen molar-refractivity contribution in [2.24, 2.45) is 10.8 Å². The van der Waals surface area contributed by atoms with E-state index in [1.54, 1.807) is 0 Å². The third-order valence-electron chi connectivity index (χ3n) is 3.40. The molecule has 0 aliphatic rings. The van der Waals surface area contributed by atoms with Crippen molar-refractivity contribution in [3.8, 4) is 5.69 Å². The average Bonchev–Trinajstić information content (AvgIpc) is 2.93. The van der Waals surface area contributed by atoms with Gasteiger partial charge in [0.1, 0.15) is 22.1 Å². The molecule has 1 heterocycles. The van der Waals surface area contributed by atoms with Crippen LogP contribution in [0.3, 0.4) is 0 Å². The van der Waals surface area contributed by atoms with Crippen LogP contribution in [0, 0.1) is 0 Å². The van der Waals surface area contributed by atoms with Crippen molar-refractivity contribution < 1.29 is 35.3 Å². The molecule has 170 valence electrons. The zero-order valence-electron chi connectivity index (χ0n) is 14.9. The number of amidine groups is 1. The molecule has 1 unspecified atom stereocenters. The van der Waals surface area contributed by atoms with Gasteiger partial charge >= 0.3 is 11.7 Å². The minimum Gasteiger partial charge on any atom is -0.383 e. The summed E-state index contributed by atoms with van der Waals surface area (Å²) in [4.78, 5) is 9.80. The Kier molecular flexibility index (Phi) is 6.82. The van der Waals surface area contributed by atoms with E-state index in [1.807, 2.05) is 5.43 Å². The van der Waals surface area contributed by atoms with Gasteiger partial charge in [-0.25, -0.2) is 14.3 Å². The molecule has 1 aromatic carbocycles. The van der Waals surface area contributed by atoms with Crippen LogP contribution in [0.1, 0.15) is 18.2 Å². The molecular formula is C14H10Cl2F6N6O2S. The predicted octanol–water partition coefficient (Wildman–Crippen LogP) is 3.16. The van der Waals surface area contributed by atoms with Crippen LogP contribution in [0.4, 0.5) is 32.2 Å². The molecule has 0 aliphatic carbocycles. The number of nitrogens with zero attached hydrogens (tertiary/aromatic N) is 3. The maximum Gasteiger partial charge on any atom is 0.476 e. The molecule has 1 amide bonds. The lowest BCUT2D eigenvalue weighted by Crippen LogP contribution is -2.25. The van der Waals surface area contributed by atoms with Gasteiger partial charge in [-0.1, -0.05) is 23.2 Å². The minimum atomic E-state index is -5.32. The molecule has 2 aromatic rings. The third-order valence-corrected chi connectivity index (χ3v) is 5.17. The molecule has 1 atom stereocenters. The fraction of sp³-hybridized carbons (Fsp3) is 0.214. The summed E-state index contributed by atoms with van der Waals surface area (Å²) >= 11 is 11.7. The number of alkyl halides is 6. The van der Waals surface area contributed by atoms with Crippen molar-refractivity contribution in [2.75, 3.05) is 5.73 Å². The number of benzene rings is 1. The number of nitrogen functional groups attached to an aromatic ring is 1. The van der Waals surface area contributed by atoms with Crippen molar-refractivity contribution in [3.63, 3.8) is 0 Å². The van der Waals surface area contributed by atoms with Gasteiger partial charge in [-0.15, -0.1) is 0 Å². The second kappa shape index (κ2) is 8.55. The van der Waals surface area contributed by atoms with Gasteiger partial charge in [0.05, 0.1) is 15.6 Å². The van der Waals surface area contributed by atoms with Gasteiger partial charge < -0.3 is 11.5 Å². The summed E-state index contributed by atoms with van der Waals surface area (Å²) in [6, 6.07) is 0.886. The molecule has 17 heteroatoms. The number of hydrazone groups is 1. The van der Waals surface area contributed by atoms with Crippen LogP contribution in [0.5, 0.6) is 0 Å². The average molecular weight is 511 g/mol. The Morgan fingerprint density at radius 3 is 2.13 bits per heavy atom. The van der Waals surface area contributed by atoms with E-state index >= 15 is 0 Å². The fourth-order valence-electron chi connectivity index (χ4n) is 2.18. The van der Waals surface area contributed by atoms with Crippen LogP contribution in [-0.2, 0) is 21.8 Å². The van der Waals surface area contributed by atoms with Gasteiger partial charge in [0, 0.05) is 6.92 Å². The van der Waals surface area contributed by atoms with Crippen LogP contribution >= 0.6 is 23.2 Å². The quantitative estimate of drug-likeness (QED) is 0.252. The van der Waals surface area contributed by atoms with Crippen LogP contribution in [0.2, 0.25) is 10.0 Å². The lowest BCUT2D eigenvalue weighted by Gasteiger charge is -2.13. The topological polar surface area (TPSA) is 128 Å². The molecule has 5 N–H and O–H groups in total. The number of nitrogens with two attached hydrogens (primary N) is 2. The molecule has 2 rings (SSSR count). The number of aromatic nitrogens is 2. The Bertz CT molecular complexity index is 1080. The zero-order chi connectivity index (χ0) is 23.9. The Balaban J connectivity index is 2.81. The Morgan fingerprint density at radius 2 is 1.71 bits per heavy atom. The van der Waals surface area contributed by atoms with Crippen LogP contribution < -0.4 is 16.9 Å². The molecule has 0 fully saturated rings. The summed E-state index contributed by atoms with van der Waals surface area (Å²) in [6.07, 6.45) is -4.83. The van der Waals surface area contributed by atoms with E-state index in [0.29, 0.717) is 16.8 Å². The maximum atomic E-state index is 13.1. The Hall–Kier alpha value is -2.52. The predicted molar refractivity (Wildman–Crippen MR) is 100 cm³/mol. The van der Waals surface area contributed by atoms with Gasteiger partial charge in [0.25, 0.3) is 0 Å². The summed E-state index contributed by atoms with van der Waals surface area (Å²) in [6.45, 7) is 1.01. The Labute approximate surface area is 181 Å². The fourth-order valence-corrected chi connectivity index (χ4v) is 3.65. The number of nitrogens with one attached hydrogen (secondary N) is 1. The highest BCUT2D eigenvalue weighted by Gasteiger charge is 2.43. The van der Waals surface area contributed by atoms with Crippen LogP contribution in [-0.4, -0.2) is 31.2 Å². The molecule has 0 bridgehead atoms. The number of amides is 1. The van der Waals surface area contributed by atoms with E-state index in [4.69, 9.17) is 34.7 Å². The first-order valence-electron chi connectivity index (χ1n) is 7.59. The normalized spacial score (nSPS) is 13.9. The first kappa shape index (κ1) is 24.7. The summed E-state index contributed by atoms with van der Waals surface area (Å²) in [7, 11) is -3.79. The number of halogens is 8. The summed E-state index contributed by atoms with van der Waals surface area (Å²) in [5.74, 6) is -2.51. The first-order chi connectivity index (χ1) is 14.1. The molecular weight excluding hydrogens is 501 g/mol. The highest BCUT2D eigenvalue weighted by Crippen LogP contribution is 2.40. The largest absolute Gasteiger partial charge is 0.476 e. The highest BCUT2D eigenvalue weighted by atomic mass is 35.5. The summed E-state index contributed by atoms with van der Waals surface area (Å²) in [5, 5.41) is 5.60. The molecule has 0 radical (unpaired) electrons. The van der Waals surface area contributed by atoms with E-state index in [-0.39, 0.29) is 0 Å². The second-order valence-corrected chi connectivity index (χ2v) is 7.86. The van der Waals surface area contributed by atoms with E-state index < -0.39 is 71.9 Å². The number of hydrogen-bond acceptors (Lipinski definition) is 5. The molecule has 31 heavy (non-hydrogen) atoms. The van der Waals surface area contributed by atoms with Crippen molar-refractivity contribution in [3.05, 3.63) is 33.4 Å².